The van der Waals surface area contributed by atoms with Gasteiger partial charge in [0.25, 0.3) is 0 Å². The van der Waals surface area contributed by atoms with Crippen LogP contribution < -0.4 is 5.32 Å². The van der Waals surface area contributed by atoms with E-state index in [1.807, 2.05) is 11.8 Å². The monoisotopic (exact) mass is 330 g/mol. The van der Waals surface area contributed by atoms with Crippen LogP contribution in [0.4, 0.5) is 10.1 Å². The van der Waals surface area contributed by atoms with Gasteiger partial charge in [0.2, 0.25) is 0 Å². The minimum Gasteiger partial charge on any atom is -0.345 e. The highest BCUT2D eigenvalue weighted by molar-refractivity contribution is 7.91. The predicted molar refractivity (Wildman–Crippen MR) is 86.8 cm³/mol. The lowest BCUT2D eigenvalue weighted by Gasteiger charge is -2.29. The molecule has 1 atom stereocenters. The number of nitrogens with zero attached hydrogens (tertiary/aromatic N) is 1. The molecule has 1 aliphatic rings. The Bertz CT molecular complexity index is 646. The van der Waals surface area contributed by atoms with Crippen molar-refractivity contribution < 1.29 is 12.8 Å². The van der Waals surface area contributed by atoms with Crippen molar-refractivity contribution in [2.45, 2.75) is 26.3 Å². The molecule has 1 aromatic rings. The number of aryl methyl sites for hydroxylation is 1. The molecule has 1 heterocycles. The molecule has 0 bridgehead atoms. The fourth-order valence-electron chi connectivity index (χ4n) is 2.45. The number of anilines is 1. The zero-order valence-corrected chi connectivity index (χ0v) is 13.7. The van der Waals surface area contributed by atoms with Crippen LogP contribution in [0.5, 0.6) is 0 Å². The molecule has 0 aromatic heterocycles. The van der Waals surface area contributed by atoms with E-state index in [1.165, 1.54) is 6.07 Å². The third-order valence-corrected chi connectivity index (χ3v) is 5.76. The minimum atomic E-state index is -2.96. The van der Waals surface area contributed by atoms with Crippen molar-refractivity contribution in [2.24, 2.45) is 0 Å². The molecule has 2 rings (SSSR count). The lowest BCUT2D eigenvalue weighted by atomic mass is 10.2. The Morgan fingerprint density at radius 2 is 2.24 bits per heavy atom. The van der Waals surface area contributed by atoms with E-state index in [-0.39, 0.29) is 23.4 Å². The lowest BCUT2D eigenvalue weighted by Crippen LogP contribution is -2.43. The van der Waals surface area contributed by atoms with Gasteiger partial charge in [-0.3, -0.25) is 0 Å². The van der Waals surface area contributed by atoms with Gasteiger partial charge in [-0.1, -0.05) is 6.07 Å². The molecular formula is C14H19FN2O2S2. The molecule has 0 radical (unpaired) electrons. The summed E-state index contributed by atoms with van der Waals surface area (Å²) in [6.45, 7) is 4.23. The highest BCUT2D eigenvalue weighted by Crippen LogP contribution is 2.20. The first-order valence-corrected chi connectivity index (χ1v) is 9.09. The number of sulfone groups is 1. The molecule has 1 fully saturated rings. The second kappa shape index (κ2) is 6.27. The van der Waals surface area contributed by atoms with E-state index in [0.717, 1.165) is 0 Å². The number of halogens is 1. The first-order valence-electron chi connectivity index (χ1n) is 6.86. The summed E-state index contributed by atoms with van der Waals surface area (Å²) in [6.07, 6.45) is 0.584. The average molecular weight is 330 g/mol. The van der Waals surface area contributed by atoms with E-state index >= 15 is 0 Å². The normalized spacial score (nSPS) is 20.2. The van der Waals surface area contributed by atoms with Crippen LogP contribution in [0.1, 0.15) is 18.9 Å². The Morgan fingerprint density at radius 3 is 2.76 bits per heavy atom. The molecule has 4 nitrogen and oxygen atoms in total. The van der Waals surface area contributed by atoms with Crippen LogP contribution in [0.3, 0.4) is 0 Å². The third-order valence-electron chi connectivity index (χ3n) is 3.67. The van der Waals surface area contributed by atoms with Crippen LogP contribution in [-0.2, 0) is 9.84 Å². The first kappa shape index (κ1) is 16.2. The summed E-state index contributed by atoms with van der Waals surface area (Å²) in [4.78, 5) is 1.86. The van der Waals surface area contributed by atoms with Crippen molar-refractivity contribution in [1.82, 2.24) is 4.90 Å². The van der Waals surface area contributed by atoms with Crippen LogP contribution in [0, 0.1) is 12.7 Å². The van der Waals surface area contributed by atoms with Gasteiger partial charge < -0.3 is 10.2 Å². The van der Waals surface area contributed by atoms with E-state index in [2.05, 4.69) is 5.32 Å². The van der Waals surface area contributed by atoms with Gasteiger partial charge in [-0.2, -0.15) is 0 Å². The van der Waals surface area contributed by atoms with Crippen LogP contribution >= 0.6 is 12.2 Å². The van der Waals surface area contributed by atoms with Gasteiger partial charge in [0.05, 0.1) is 11.5 Å². The maximum atomic E-state index is 13.5. The topological polar surface area (TPSA) is 49.4 Å². The summed E-state index contributed by atoms with van der Waals surface area (Å²) < 4.78 is 36.7. The molecule has 1 N–H and O–H groups in total. The van der Waals surface area contributed by atoms with Crippen molar-refractivity contribution in [3.63, 3.8) is 0 Å². The number of hydrogen-bond donors (Lipinski definition) is 1. The Labute approximate surface area is 130 Å². The lowest BCUT2D eigenvalue weighted by molar-refractivity contribution is 0.355. The highest BCUT2D eigenvalue weighted by Gasteiger charge is 2.32. The van der Waals surface area contributed by atoms with Gasteiger partial charge in [-0.05, 0) is 50.2 Å². The molecule has 21 heavy (non-hydrogen) atoms. The second-order valence-electron chi connectivity index (χ2n) is 5.24. The molecular weight excluding hydrogens is 311 g/mol. The van der Waals surface area contributed by atoms with Crippen molar-refractivity contribution in [3.05, 3.63) is 29.6 Å². The third kappa shape index (κ3) is 3.91. The molecule has 1 aliphatic heterocycles. The molecule has 0 aliphatic carbocycles. The van der Waals surface area contributed by atoms with E-state index in [1.54, 1.807) is 19.1 Å². The Balaban J connectivity index is 2.08. The molecule has 0 amide bonds. The zero-order chi connectivity index (χ0) is 15.6. The summed E-state index contributed by atoms with van der Waals surface area (Å²) in [6, 6.07) is 4.72. The van der Waals surface area contributed by atoms with Crippen molar-refractivity contribution in [1.29, 1.82) is 0 Å². The standard InChI is InChI=1S/C14H19FN2O2S2/c1-3-17(12-6-7-21(18,19)9-12)14(20)16-11-5-4-10(2)13(15)8-11/h4-5,8,12H,3,6-7,9H2,1-2H3,(H,16,20)/t12-/m0/s1. The zero-order valence-electron chi connectivity index (χ0n) is 12.1. The molecule has 1 aromatic carbocycles. The maximum absolute atomic E-state index is 13.5. The number of rotatable bonds is 3. The largest absolute Gasteiger partial charge is 0.345 e. The van der Waals surface area contributed by atoms with Gasteiger partial charge in [-0.25, -0.2) is 12.8 Å². The average Bonchev–Trinajstić information content (AvgIpc) is 2.75. The Morgan fingerprint density at radius 1 is 1.52 bits per heavy atom. The summed E-state index contributed by atoms with van der Waals surface area (Å²) in [5.41, 5.74) is 1.14. The summed E-state index contributed by atoms with van der Waals surface area (Å²) >= 11 is 5.34. The van der Waals surface area contributed by atoms with Gasteiger partial charge in [0.1, 0.15) is 5.82 Å². The smallest absolute Gasteiger partial charge is 0.173 e. The van der Waals surface area contributed by atoms with Gasteiger partial charge in [0, 0.05) is 18.3 Å². The number of benzene rings is 1. The van der Waals surface area contributed by atoms with Gasteiger partial charge in [0.15, 0.2) is 14.9 Å². The maximum Gasteiger partial charge on any atom is 0.173 e. The van der Waals surface area contributed by atoms with E-state index in [4.69, 9.17) is 12.2 Å². The fourth-order valence-corrected chi connectivity index (χ4v) is 4.58. The number of thiocarbonyl (C=S) groups is 1. The number of hydrogen-bond acceptors (Lipinski definition) is 3. The summed E-state index contributed by atoms with van der Waals surface area (Å²) in [7, 11) is -2.96. The fraction of sp³-hybridized carbons (Fsp3) is 0.500. The van der Waals surface area contributed by atoms with Crippen molar-refractivity contribution in [3.8, 4) is 0 Å². The first-order chi connectivity index (χ1) is 9.82. The van der Waals surface area contributed by atoms with Crippen LogP contribution in [0.2, 0.25) is 0 Å². The van der Waals surface area contributed by atoms with E-state index < -0.39 is 9.84 Å². The van der Waals surface area contributed by atoms with Crippen LogP contribution in [-0.4, -0.2) is 42.5 Å². The molecule has 116 valence electrons. The predicted octanol–water partition coefficient (Wildman–Crippen LogP) is 2.34. The summed E-state index contributed by atoms with van der Waals surface area (Å²) in [5, 5.41) is 3.42. The number of nitrogens with one attached hydrogen (secondary N) is 1. The van der Waals surface area contributed by atoms with E-state index in [0.29, 0.717) is 29.3 Å². The Hall–Kier alpha value is -1.21. The quantitative estimate of drug-likeness (QED) is 0.862. The molecule has 0 unspecified atom stereocenters. The highest BCUT2D eigenvalue weighted by atomic mass is 32.2. The van der Waals surface area contributed by atoms with E-state index in [9.17, 15) is 12.8 Å². The van der Waals surface area contributed by atoms with Crippen LogP contribution in [0.25, 0.3) is 0 Å². The summed E-state index contributed by atoms with van der Waals surface area (Å²) in [5.74, 6) is 0.0372. The SMILES string of the molecule is CCN(C(=S)Nc1ccc(C)c(F)c1)[C@H]1CCS(=O)(=O)C1. The molecule has 0 spiro atoms. The second-order valence-corrected chi connectivity index (χ2v) is 7.85. The Kier molecular flexibility index (Phi) is 4.83. The van der Waals surface area contributed by atoms with Crippen molar-refractivity contribution in [2.75, 3.05) is 23.4 Å². The van der Waals surface area contributed by atoms with Gasteiger partial charge in [-0.15, -0.1) is 0 Å². The van der Waals surface area contributed by atoms with Crippen LogP contribution in [0.15, 0.2) is 18.2 Å². The molecule has 1 saturated heterocycles. The molecule has 7 heteroatoms. The molecule has 0 saturated carbocycles. The van der Waals surface area contributed by atoms with Crippen molar-refractivity contribution >= 4 is 32.9 Å². The van der Waals surface area contributed by atoms with Gasteiger partial charge >= 0.3 is 0 Å². The minimum absolute atomic E-state index is 0.102.